The molecule has 8 nitrogen and oxygen atoms in total. The number of likely N-dealkylation sites (tertiary alicyclic amines) is 1. The highest BCUT2D eigenvalue weighted by atomic mass is 16.6. The third-order valence-corrected chi connectivity index (χ3v) is 8.34. The fourth-order valence-electron chi connectivity index (χ4n) is 6.30. The van der Waals surface area contributed by atoms with E-state index in [2.05, 4.69) is 6.92 Å². The van der Waals surface area contributed by atoms with Gasteiger partial charge in [0.15, 0.2) is 0 Å². The average Bonchev–Trinajstić information content (AvgIpc) is 3.11. The Morgan fingerprint density at radius 2 is 1.88 bits per heavy atom. The van der Waals surface area contributed by atoms with Crippen molar-refractivity contribution >= 4 is 17.8 Å². The Bertz CT molecular complexity index is 887. The van der Waals surface area contributed by atoms with Gasteiger partial charge in [0.2, 0.25) is 11.8 Å². The molecule has 2 amide bonds. The number of aliphatic hydroxyl groups is 1. The molecule has 2 saturated heterocycles. The van der Waals surface area contributed by atoms with Crippen molar-refractivity contribution < 1.29 is 29.0 Å². The summed E-state index contributed by atoms with van der Waals surface area (Å²) in [6, 6.07) is -1.49. The van der Waals surface area contributed by atoms with Crippen molar-refractivity contribution in [2.45, 2.75) is 76.7 Å². The Balaban J connectivity index is 1.89. The zero-order chi connectivity index (χ0) is 24.7. The largest absolute Gasteiger partial charge is 0.461 e. The molecule has 4 aliphatic rings. The molecule has 0 saturated carbocycles. The maximum Gasteiger partial charge on any atom is 0.313 e. The molecule has 4 aliphatic heterocycles. The van der Waals surface area contributed by atoms with Crippen LogP contribution in [0, 0.1) is 17.8 Å². The van der Waals surface area contributed by atoms with Gasteiger partial charge in [-0.15, -0.1) is 0 Å². The van der Waals surface area contributed by atoms with Crippen molar-refractivity contribution in [2.24, 2.45) is 17.8 Å². The lowest BCUT2D eigenvalue weighted by Gasteiger charge is -2.42. The summed E-state index contributed by atoms with van der Waals surface area (Å²) in [6.07, 6.45) is 10.4. The van der Waals surface area contributed by atoms with E-state index in [1.807, 2.05) is 39.0 Å². The summed E-state index contributed by atoms with van der Waals surface area (Å²) in [6.45, 7) is 8.84. The summed E-state index contributed by atoms with van der Waals surface area (Å²) in [5.74, 6) is -2.75. The first-order valence-corrected chi connectivity index (χ1v) is 12.8. The third kappa shape index (κ3) is 3.52. The van der Waals surface area contributed by atoms with Crippen LogP contribution in [0.15, 0.2) is 24.3 Å². The number of aliphatic hydroxyl groups excluding tert-OH is 1. The molecular weight excluding hydrogens is 436 g/mol. The van der Waals surface area contributed by atoms with Crippen molar-refractivity contribution in [1.29, 1.82) is 0 Å². The van der Waals surface area contributed by atoms with E-state index in [4.69, 9.17) is 9.47 Å². The SMILES string of the molecule is CCCCN1CC=C[C@]23O[C@]4(CC)C=CCOC(=O)[C@@H]4[C@H]2C(=O)N([C@@H](CO)[C@@H](C)CC)C3C1=O. The van der Waals surface area contributed by atoms with E-state index < -0.39 is 41.1 Å². The third-order valence-electron chi connectivity index (χ3n) is 8.34. The summed E-state index contributed by atoms with van der Waals surface area (Å²) in [4.78, 5) is 44.9. The molecule has 1 N–H and O–H groups in total. The maximum absolute atomic E-state index is 14.2. The summed E-state index contributed by atoms with van der Waals surface area (Å²) >= 11 is 0. The van der Waals surface area contributed by atoms with Crippen molar-refractivity contribution in [3.63, 3.8) is 0 Å². The summed E-state index contributed by atoms with van der Waals surface area (Å²) in [5, 5.41) is 10.4. The molecule has 4 rings (SSSR count). The second kappa shape index (κ2) is 9.46. The number of carbonyl (C=O) groups is 3. The Kier molecular flexibility index (Phi) is 6.93. The normalized spacial score (nSPS) is 36.5. The number of rotatable bonds is 8. The molecule has 8 heteroatoms. The van der Waals surface area contributed by atoms with E-state index in [0.29, 0.717) is 19.5 Å². The van der Waals surface area contributed by atoms with Crippen molar-refractivity contribution in [1.82, 2.24) is 9.80 Å². The van der Waals surface area contributed by atoms with Crippen molar-refractivity contribution in [2.75, 3.05) is 26.3 Å². The number of fused-ring (bicyclic) bond motifs is 2. The zero-order valence-corrected chi connectivity index (χ0v) is 20.7. The number of hydrogen-bond acceptors (Lipinski definition) is 6. The molecule has 1 spiro atoms. The van der Waals surface area contributed by atoms with Crippen LogP contribution in [0.4, 0.5) is 0 Å². The molecular formula is C26H38N2O6. The van der Waals surface area contributed by atoms with Gasteiger partial charge < -0.3 is 24.4 Å². The van der Waals surface area contributed by atoms with E-state index in [9.17, 15) is 19.5 Å². The van der Waals surface area contributed by atoms with Crippen LogP contribution in [0.1, 0.15) is 53.4 Å². The lowest BCUT2D eigenvalue weighted by molar-refractivity contribution is -0.162. The molecule has 2 fully saturated rings. The zero-order valence-electron chi connectivity index (χ0n) is 20.7. The minimum atomic E-state index is -1.29. The first-order chi connectivity index (χ1) is 16.3. The lowest BCUT2D eigenvalue weighted by atomic mass is 9.73. The van der Waals surface area contributed by atoms with Crippen molar-refractivity contribution in [3.8, 4) is 0 Å². The monoisotopic (exact) mass is 474 g/mol. The molecule has 7 atom stereocenters. The fraction of sp³-hybridized carbons (Fsp3) is 0.731. The summed E-state index contributed by atoms with van der Waals surface area (Å²) < 4.78 is 12.3. The smallest absolute Gasteiger partial charge is 0.313 e. The summed E-state index contributed by atoms with van der Waals surface area (Å²) in [5.41, 5.74) is -2.32. The number of ether oxygens (including phenoxy) is 2. The van der Waals surface area contributed by atoms with Crippen LogP contribution in [0.25, 0.3) is 0 Å². The van der Waals surface area contributed by atoms with Crippen LogP contribution < -0.4 is 0 Å². The fourth-order valence-corrected chi connectivity index (χ4v) is 6.30. The standard InChI is InChI=1S/C26H38N2O6/c1-5-8-13-27-14-9-12-26-19(20-24(32)33-15-10-11-25(20,7-3)34-26)22(30)28(21(26)23(27)31)18(16-29)17(4)6-2/h9-12,17-21,29H,5-8,13-16H2,1-4H3/t17-,18-,19-,20-,21?,25+,26-/m0/s1. The second-order valence-electron chi connectivity index (χ2n) is 10.1. The van der Waals surface area contributed by atoms with Crippen LogP contribution in [0.3, 0.4) is 0 Å². The Hall–Kier alpha value is -2.19. The molecule has 4 heterocycles. The molecule has 0 aromatic heterocycles. The van der Waals surface area contributed by atoms with E-state index in [0.717, 1.165) is 19.3 Å². The molecule has 34 heavy (non-hydrogen) atoms. The van der Waals surface area contributed by atoms with Gasteiger partial charge in [0, 0.05) is 13.1 Å². The van der Waals surface area contributed by atoms with E-state index in [-0.39, 0.29) is 30.9 Å². The topological polar surface area (TPSA) is 96.4 Å². The van der Waals surface area contributed by atoms with Crippen LogP contribution in [0.5, 0.6) is 0 Å². The number of hydrogen-bond donors (Lipinski definition) is 1. The second-order valence-corrected chi connectivity index (χ2v) is 10.1. The molecule has 0 aromatic carbocycles. The van der Waals surface area contributed by atoms with Gasteiger partial charge in [-0.1, -0.05) is 58.8 Å². The molecule has 0 radical (unpaired) electrons. The van der Waals surface area contributed by atoms with Crippen LogP contribution in [-0.4, -0.2) is 82.3 Å². The maximum atomic E-state index is 14.2. The Labute approximate surface area is 201 Å². The number of unbranched alkanes of at least 4 members (excludes halogenated alkanes) is 1. The molecule has 188 valence electrons. The van der Waals surface area contributed by atoms with Crippen molar-refractivity contribution in [3.05, 3.63) is 24.3 Å². The number of amides is 2. The lowest BCUT2D eigenvalue weighted by Crippen LogP contribution is -2.60. The molecule has 0 aromatic rings. The minimum Gasteiger partial charge on any atom is -0.461 e. The van der Waals surface area contributed by atoms with Gasteiger partial charge >= 0.3 is 5.97 Å². The van der Waals surface area contributed by atoms with Gasteiger partial charge in [-0.3, -0.25) is 14.4 Å². The highest BCUT2D eigenvalue weighted by molar-refractivity contribution is 5.99. The van der Waals surface area contributed by atoms with Gasteiger partial charge in [-0.2, -0.15) is 0 Å². The van der Waals surface area contributed by atoms with E-state index in [1.165, 1.54) is 0 Å². The highest BCUT2D eigenvalue weighted by Gasteiger charge is 2.76. The van der Waals surface area contributed by atoms with Gasteiger partial charge in [0.25, 0.3) is 0 Å². The first kappa shape index (κ1) is 24.9. The quantitative estimate of drug-likeness (QED) is 0.427. The number of cyclic esters (lactones) is 1. The Morgan fingerprint density at radius 3 is 2.53 bits per heavy atom. The van der Waals surface area contributed by atoms with Gasteiger partial charge in [-0.05, 0) is 24.8 Å². The molecule has 1 unspecified atom stereocenters. The van der Waals surface area contributed by atoms with Crippen LogP contribution in [-0.2, 0) is 23.9 Å². The van der Waals surface area contributed by atoms with Crippen LogP contribution >= 0.6 is 0 Å². The highest BCUT2D eigenvalue weighted by Crippen LogP contribution is 2.59. The average molecular weight is 475 g/mol. The minimum absolute atomic E-state index is 0.0362. The molecule has 0 aliphatic carbocycles. The van der Waals surface area contributed by atoms with Gasteiger partial charge in [0.05, 0.1) is 18.6 Å². The number of carbonyl (C=O) groups excluding carboxylic acids is 3. The predicted molar refractivity (Wildman–Crippen MR) is 126 cm³/mol. The predicted octanol–water partition coefficient (Wildman–Crippen LogP) is 2.07. The number of nitrogens with zero attached hydrogens (tertiary/aromatic N) is 2. The summed E-state index contributed by atoms with van der Waals surface area (Å²) in [7, 11) is 0. The van der Waals surface area contributed by atoms with Gasteiger partial charge in [0.1, 0.15) is 29.8 Å². The molecule has 0 bridgehead atoms. The Morgan fingerprint density at radius 1 is 1.12 bits per heavy atom. The number of esters is 1. The van der Waals surface area contributed by atoms with E-state index >= 15 is 0 Å². The van der Waals surface area contributed by atoms with Gasteiger partial charge in [-0.25, -0.2) is 0 Å². The first-order valence-electron chi connectivity index (χ1n) is 12.8. The van der Waals surface area contributed by atoms with E-state index in [1.54, 1.807) is 15.9 Å². The van der Waals surface area contributed by atoms with Crippen LogP contribution in [0.2, 0.25) is 0 Å².